The summed E-state index contributed by atoms with van der Waals surface area (Å²) in [6.45, 7) is 1.16. The first kappa shape index (κ1) is 19.6. The summed E-state index contributed by atoms with van der Waals surface area (Å²) in [6, 6.07) is 5.02. The predicted octanol–water partition coefficient (Wildman–Crippen LogP) is 2.50. The highest BCUT2D eigenvalue weighted by Crippen LogP contribution is 2.23. The quantitative estimate of drug-likeness (QED) is 0.734. The maximum atomic E-state index is 12.1. The molecule has 1 aromatic carbocycles. The van der Waals surface area contributed by atoms with Crippen molar-refractivity contribution in [3.8, 4) is 0 Å². The van der Waals surface area contributed by atoms with Gasteiger partial charge in [-0.2, -0.15) is 11.8 Å². The van der Waals surface area contributed by atoms with E-state index >= 15 is 0 Å². The zero-order valence-electron chi connectivity index (χ0n) is 12.9. The van der Waals surface area contributed by atoms with E-state index in [-0.39, 0.29) is 18.2 Å². The molecule has 0 bridgehead atoms. The number of amides is 1. The summed E-state index contributed by atoms with van der Waals surface area (Å²) in [5.41, 5.74) is 0.734. The van der Waals surface area contributed by atoms with Crippen molar-refractivity contribution in [3.05, 3.63) is 39.9 Å². The summed E-state index contributed by atoms with van der Waals surface area (Å²) in [7, 11) is -3.31. The van der Waals surface area contributed by atoms with E-state index in [4.69, 9.17) is 23.2 Å². The molecular formula is C15H18Cl2N2O3S2. The molecule has 0 radical (unpaired) electrons. The smallest absolute Gasteiger partial charge is 0.244 e. The normalized spacial score (nSPS) is 16.4. The van der Waals surface area contributed by atoms with Crippen LogP contribution in [0.15, 0.2) is 24.3 Å². The molecule has 1 fully saturated rings. The van der Waals surface area contributed by atoms with Crippen LogP contribution in [0.2, 0.25) is 10.0 Å². The number of sulfonamides is 1. The molecule has 9 heteroatoms. The fourth-order valence-corrected chi connectivity index (χ4v) is 4.90. The second-order valence-electron chi connectivity index (χ2n) is 5.13. The second-order valence-corrected chi connectivity index (χ2v) is 9.25. The number of benzene rings is 1. The largest absolute Gasteiger partial charge is 0.351 e. The molecule has 1 N–H and O–H groups in total. The molecule has 0 saturated carbocycles. The molecule has 0 spiro atoms. The average Bonchev–Trinajstić information content (AvgIpc) is 2.56. The van der Waals surface area contributed by atoms with Crippen molar-refractivity contribution >= 4 is 57.0 Å². The summed E-state index contributed by atoms with van der Waals surface area (Å²) in [6.07, 6.45) is 2.93. The Balaban J connectivity index is 1.80. The third kappa shape index (κ3) is 5.97. The SMILES string of the molecule is O=C(C=Cc1ccc(Cl)c(Cl)c1)NCCS(=O)(=O)N1CCSCC1. The minimum atomic E-state index is -3.31. The Morgan fingerprint density at radius 2 is 1.96 bits per heavy atom. The maximum Gasteiger partial charge on any atom is 0.244 e. The van der Waals surface area contributed by atoms with Gasteiger partial charge in [-0.15, -0.1) is 0 Å². The van der Waals surface area contributed by atoms with E-state index < -0.39 is 10.0 Å². The first-order valence-electron chi connectivity index (χ1n) is 7.35. The lowest BCUT2D eigenvalue weighted by Crippen LogP contribution is -2.41. The Kier molecular flexibility index (Phi) is 7.43. The van der Waals surface area contributed by atoms with Gasteiger partial charge in [0.25, 0.3) is 0 Å². The molecule has 0 unspecified atom stereocenters. The predicted molar refractivity (Wildman–Crippen MR) is 101 cm³/mol. The van der Waals surface area contributed by atoms with Crippen LogP contribution in [0.5, 0.6) is 0 Å². The Labute approximate surface area is 156 Å². The summed E-state index contributed by atoms with van der Waals surface area (Å²) in [4.78, 5) is 11.8. The highest BCUT2D eigenvalue weighted by atomic mass is 35.5. The third-order valence-corrected chi connectivity index (χ3v) is 6.95. The van der Waals surface area contributed by atoms with Crippen LogP contribution in [0.4, 0.5) is 0 Å². The topological polar surface area (TPSA) is 66.5 Å². The van der Waals surface area contributed by atoms with Crippen LogP contribution in [-0.4, -0.2) is 55.5 Å². The maximum absolute atomic E-state index is 12.1. The van der Waals surface area contributed by atoms with Crippen molar-refractivity contribution in [2.75, 3.05) is 36.9 Å². The number of rotatable bonds is 6. The molecule has 1 aliphatic rings. The minimum absolute atomic E-state index is 0.0799. The first-order valence-corrected chi connectivity index (χ1v) is 10.9. The van der Waals surface area contributed by atoms with Crippen LogP contribution in [-0.2, 0) is 14.8 Å². The molecule has 5 nitrogen and oxygen atoms in total. The van der Waals surface area contributed by atoms with Gasteiger partial charge in [0.05, 0.1) is 15.8 Å². The lowest BCUT2D eigenvalue weighted by Gasteiger charge is -2.25. The molecule has 0 aliphatic carbocycles. The van der Waals surface area contributed by atoms with E-state index in [1.54, 1.807) is 36.0 Å². The number of hydrogen-bond donors (Lipinski definition) is 1. The number of hydrogen-bond acceptors (Lipinski definition) is 4. The van der Waals surface area contributed by atoms with Gasteiger partial charge in [0.15, 0.2) is 0 Å². The number of carbonyl (C=O) groups is 1. The highest BCUT2D eigenvalue weighted by Gasteiger charge is 2.23. The molecule has 1 amide bonds. The average molecular weight is 409 g/mol. The lowest BCUT2D eigenvalue weighted by molar-refractivity contribution is -0.116. The van der Waals surface area contributed by atoms with Crippen molar-refractivity contribution < 1.29 is 13.2 Å². The van der Waals surface area contributed by atoms with Crippen LogP contribution >= 0.6 is 35.0 Å². The van der Waals surface area contributed by atoms with Gasteiger partial charge in [-0.3, -0.25) is 4.79 Å². The Morgan fingerprint density at radius 3 is 2.62 bits per heavy atom. The zero-order valence-corrected chi connectivity index (χ0v) is 16.0. The second kappa shape index (κ2) is 9.10. The number of nitrogens with zero attached hydrogens (tertiary/aromatic N) is 1. The fourth-order valence-electron chi connectivity index (χ4n) is 2.10. The van der Waals surface area contributed by atoms with Crippen molar-refractivity contribution in [1.29, 1.82) is 0 Å². The van der Waals surface area contributed by atoms with Gasteiger partial charge < -0.3 is 5.32 Å². The van der Waals surface area contributed by atoms with E-state index in [1.807, 2.05) is 0 Å². The van der Waals surface area contributed by atoms with E-state index in [1.165, 1.54) is 10.4 Å². The van der Waals surface area contributed by atoms with Crippen LogP contribution in [0.1, 0.15) is 5.56 Å². The molecule has 2 rings (SSSR count). The van der Waals surface area contributed by atoms with Crippen molar-refractivity contribution in [2.45, 2.75) is 0 Å². The summed E-state index contributed by atoms with van der Waals surface area (Å²) in [5.74, 6) is 1.19. The molecule has 0 aromatic heterocycles. The summed E-state index contributed by atoms with van der Waals surface area (Å²) < 4.78 is 25.8. The van der Waals surface area contributed by atoms with Crippen LogP contribution in [0, 0.1) is 0 Å². The monoisotopic (exact) mass is 408 g/mol. The van der Waals surface area contributed by atoms with E-state index in [0.717, 1.165) is 17.1 Å². The number of thioether (sulfide) groups is 1. The molecule has 132 valence electrons. The van der Waals surface area contributed by atoms with Gasteiger partial charge in [0.2, 0.25) is 15.9 Å². The zero-order chi connectivity index (χ0) is 17.6. The van der Waals surface area contributed by atoms with Crippen LogP contribution in [0.3, 0.4) is 0 Å². The van der Waals surface area contributed by atoms with E-state index in [9.17, 15) is 13.2 Å². The Bertz CT molecular complexity index is 717. The third-order valence-electron chi connectivity index (χ3n) is 3.39. The van der Waals surface area contributed by atoms with E-state index in [0.29, 0.717) is 23.1 Å². The molecule has 1 aromatic rings. The Hall–Kier alpha value is -0.730. The minimum Gasteiger partial charge on any atom is -0.351 e. The number of carbonyl (C=O) groups excluding carboxylic acids is 1. The molecule has 1 heterocycles. The molecular weight excluding hydrogens is 391 g/mol. The Morgan fingerprint density at radius 1 is 1.25 bits per heavy atom. The molecule has 1 saturated heterocycles. The van der Waals surface area contributed by atoms with Crippen molar-refractivity contribution in [1.82, 2.24) is 9.62 Å². The van der Waals surface area contributed by atoms with E-state index in [2.05, 4.69) is 5.32 Å². The summed E-state index contributed by atoms with van der Waals surface area (Å²) >= 11 is 13.5. The number of halogens is 2. The van der Waals surface area contributed by atoms with Crippen molar-refractivity contribution in [3.63, 3.8) is 0 Å². The first-order chi connectivity index (χ1) is 11.4. The van der Waals surface area contributed by atoms with Gasteiger partial charge >= 0.3 is 0 Å². The molecule has 1 aliphatic heterocycles. The van der Waals surface area contributed by atoms with Crippen LogP contribution < -0.4 is 5.32 Å². The van der Waals surface area contributed by atoms with Gasteiger partial charge in [0.1, 0.15) is 0 Å². The van der Waals surface area contributed by atoms with Gasteiger partial charge in [-0.25, -0.2) is 12.7 Å². The highest BCUT2D eigenvalue weighted by molar-refractivity contribution is 7.99. The standard InChI is InChI=1S/C15H18Cl2N2O3S2/c16-13-3-1-12(11-14(13)17)2-4-15(20)18-5-10-24(21,22)19-6-8-23-9-7-19/h1-4,11H,5-10H2,(H,18,20). The van der Waals surface area contributed by atoms with Gasteiger partial charge in [-0.05, 0) is 23.8 Å². The van der Waals surface area contributed by atoms with Gasteiger partial charge in [-0.1, -0.05) is 29.3 Å². The van der Waals surface area contributed by atoms with Crippen molar-refractivity contribution in [2.24, 2.45) is 0 Å². The lowest BCUT2D eigenvalue weighted by atomic mass is 10.2. The molecule has 24 heavy (non-hydrogen) atoms. The fraction of sp³-hybridized carbons (Fsp3) is 0.400. The van der Waals surface area contributed by atoms with Crippen LogP contribution in [0.25, 0.3) is 6.08 Å². The number of nitrogens with one attached hydrogen (secondary N) is 1. The molecule has 0 atom stereocenters. The van der Waals surface area contributed by atoms with Gasteiger partial charge in [0, 0.05) is 37.2 Å². The summed E-state index contributed by atoms with van der Waals surface area (Å²) in [5, 5.41) is 3.43.